The molecule has 0 N–H and O–H groups in total. The first-order valence-corrected chi connectivity index (χ1v) is 6.87. The van der Waals surface area contributed by atoms with Gasteiger partial charge in [0, 0.05) is 16.8 Å². The van der Waals surface area contributed by atoms with Gasteiger partial charge in [-0.15, -0.1) is 0 Å². The first-order valence-electron chi connectivity index (χ1n) is 6.87. The number of ether oxygens (including phenoxy) is 2. The van der Waals surface area contributed by atoms with Gasteiger partial charge < -0.3 is 9.47 Å². The van der Waals surface area contributed by atoms with Crippen molar-refractivity contribution in [1.29, 1.82) is 0 Å². The number of esters is 1. The van der Waals surface area contributed by atoms with Crippen LogP contribution in [0.1, 0.15) is 0 Å². The van der Waals surface area contributed by atoms with Crippen LogP contribution in [0.15, 0.2) is 79.4 Å². The summed E-state index contributed by atoms with van der Waals surface area (Å²) in [6.07, 6.45) is 1.14. The summed E-state index contributed by atoms with van der Waals surface area (Å²) in [6.45, 7) is 3.41. The van der Waals surface area contributed by atoms with Crippen molar-refractivity contribution in [3.8, 4) is 17.2 Å². The summed E-state index contributed by atoms with van der Waals surface area (Å²) in [7, 11) is 0. The predicted octanol–water partition coefficient (Wildman–Crippen LogP) is 4.72. The lowest BCUT2D eigenvalue weighted by atomic mass is 10.1. The average molecular weight is 290 g/mol. The van der Waals surface area contributed by atoms with Crippen molar-refractivity contribution >= 4 is 16.7 Å². The molecule has 0 spiro atoms. The van der Waals surface area contributed by atoms with Gasteiger partial charge in [-0.25, -0.2) is 4.79 Å². The number of rotatable bonds is 4. The van der Waals surface area contributed by atoms with Crippen molar-refractivity contribution in [2.45, 2.75) is 0 Å². The molecule has 3 aromatic rings. The van der Waals surface area contributed by atoms with Gasteiger partial charge in [-0.1, -0.05) is 49.0 Å². The summed E-state index contributed by atoms with van der Waals surface area (Å²) in [5, 5.41) is 1.69. The Morgan fingerprint density at radius 1 is 0.818 bits per heavy atom. The second-order valence-corrected chi connectivity index (χ2v) is 4.65. The van der Waals surface area contributed by atoms with Crippen LogP contribution in [0.3, 0.4) is 0 Å². The van der Waals surface area contributed by atoms with Crippen molar-refractivity contribution in [1.82, 2.24) is 0 Å². The van der Waals surface area contributed by atoms with Gasteiger partial charge >= 0.3 is 5.97 Å². The van der Waals surface area contributed by atoms with Crippen molar-refractivity contribution in [2.75, 3.05) is 0 Å². The highest BCUT2D eigenvalue weighted by Crippen LogP contribution is 2.34. The van der Waals surface area contributed by atoms with Crippen LogP contribution >= 0.6 is 0 Å². The smallest absolute Gasteiger partial charge is 0.335 e. The van der Waals surface area contributed by atoms with Gasteiger partial charge in [0.25, 0.3) is 0 Å². The highest BCUT2D eigenvalue weighted by molar-refractivity contribution is 5.95. The summed E-state index contributed by atoms with van der Waals surface area (Å²) < 4.78 is 11.2. The molecule has 0 fully saturated rings. The third-order valence-electron chi connectivity index (χ3n) is 3.19. The van der Waals surface area contributed by atoms with Crippen LogP contribution in [0, 0.1) is 0 Å². The first kappa shape index (κ1) is 13.9. The lowest BCUT2D eigenvalue weighted by Gasteiger charge is -2.11. The molecule has 0 aliphatic rings. The van der Waals surface area contributed by atoms with Crippen LogP contribution in [-0.4, -0.2) is 5.97 Å². The number of carbonyl (C=O) groups is 1. The van der Waals surface area contributed by atoms with Crippen molar-refractivity contribution < 1.29 is 14.3 Å². The van der Waals surface area contributed by atoms with E-state index in [0.717, 1.165) is 22.6 Å². The highest BCUT2D eigenvalue weighted by atomic mass is 16.5. The quantitative estimate of drug-likeness (QED) is 0.396. The maximum Gasteiger partial charge on any atom is 0.335 e. The van der Waals surface area contributed by atoms with Gasteiger partial charge in [0.2, 0.25) is 0 Å². The van der Waals surface area contributed by atoms with Gasteiger partial charge in [0.1, 0.15) is 17.2 Å². The van der Waals surface area contributed by atoms with E-state index < -0.39 is 5.97 Å². The number of hydrogen-bond acceptors (Lipinski definition) is 3. The Labute approximate surface area is 128 Å². The molecule has 0 atom stereocenters. The highest BCUT2D eigenvalue weighted by Gasteiger charge is 2.09. The van der Waals surface area contributed by atoms with Gasteiger partial charge in [-0.2, -0.15) is 0 Å². The summed E-state index contributed by atoms with van der Waals surface area (Å²) in [4.78, 5) is 11.4. The summed E-state index contributed by atoms with van der Waals surface area (Å²) in [5.41, 5.74) is 0. The molecular weight excluding hydrogens is 276 g/mol. The largest absolute Gasteiger partial charge is 0.457 e. The van der Waals surface area contributed by atoms with E-state index in [2.05, 4.69) is 6.58 Å². The fourth-order valence-electron chi connectivity index (χ4n) is 2.20. The molecule has 3 nitrogen and oxygen atoms in total. The minimum absolute atomic E-state index is 0.484. The average Bonchev–Trinajstić information content (AvgIpc) is 2.56. The minimum atomic E-state index is -0.484. The molecule has 3 rings (SSSR count). The van der Waals surface area contributed by atoms with E-state index in [0.29, 0.717) is 11.5 Å². The molecule has 0 saturated carbocycles. The molecule has 0 saturated heterocycles. The van der Waals surface area contributed by atoms with Crippen LogP contribution in [0.2, 0.25) is 0 Å². The molecule has 0 heterocycles. The van der Waals surface area contributed by atoms with E-state index in [-0.39, 0.29) is 0 Å². The number of hydrogen-bond donors (Lipinski definition) is 0. The Bertz CT molecular complexity index is 822. The Kier molecular flexibility index (Phi) is 3.88. The normalized spacial score (nSPS) is 10.2. The second kappa shape index (κ2) is 6.14. The fourth-order valence-corrected chi connectivity index (χ4v) is 2.20. The van der Waals surface area contributed by atoms with Gasteiger partial charge in [0.05, 0.1) is 0 Å². The van der Waals surface area contributed by atoms with Crippen molar-refractivity contribution in [3.05, 3.63) is 79.4 Å². The molecule has 108 valence electrons. The molecule has 0 unspecified atom stereocenters. The Balaban J connectivity index is 2.04. The zero-order chi connectivity index (χ0) is 15.4. The van der Waals surface area contributed by atoms with Crippen LogP contribution in [0.4, 0.5) is 0 Å². The standard InChI is InChI=1S/C19H14O3/c1-2-19(20)22-18-13-7-10-15-16(18)11-6-12-17(15)21-14-8-4-3-5-9-14/h2-13H,1H2. The van der Waals surface area contributed by atoms with E-state index in [1.165, 1.54) is 0 Å². The third-order valence-corrected chi connectivity index (χ3v) is 3.19. The van der Waals surface area contributed by atoms with Crippen LogP contribution < -0.4 is 9.47 Å². The number of fused-ring (bicyclic) bond motifs is 1. The minimum Gasteiger partial charge on any atom is -0.457 e. The molecule has 0 aliphatic heterocycles. The molecule has 0 aliphatic carbocycles. The second-order valence-electron chi connectivity index (χ2n) is 4.65. The zero-order valence-electron chi connectivity index (χ0n) is 11.9. The summed E-state index contributed by atoms with van der Waals surface area (Å²) in [6, 6.07) is 20.7. The molecule has 3 heteroatoms. The molecular formula is C19H14O3. The van der Waals surface area contributed by atoms with E-state index in [4.69, 9.17) is 9.47 Å². The zero-order valence-corrected chi connectivity index (χ0v) is 11.9. The predicted molar refractivity (Wildman–Crippen MR) is 86.3 cm³/mol. The monoisotopic (exact) mass is 290 g/mol. The molecule has 22 heavy (non-hydrogen) atoms. The van der Waals surface area contributed by atoms with E-state index >= 15 is 0 Å². The van der Waals surface area contributed by atoms with Crippen LogP contribution in [-0.2, 0) is 4.79 Å². The van der Waals surface area contributed by atoms with E-state index in [1.807, 2.05) is 60.7 Å². The lowest BCUT2D eigenvalue weighted by Crippen LogP contribution is -2.03. The SMILES string of the molecule is C=CC(=O)Oc1cccc2c(Oc3ccccc3)cccc12. The van der Waals surface area contributed by atoms with E-state index in [9.17, 15) is 4.79 Å². The maximum absolute atomic E-state index is 11.4. The van der Waals surface area contributed by atoms with Crippen molar-refractivity contribution in [3.63, 3.8) is 0 Å². The summed E-state index contributed by atoms with van der Waals surface area (Å²) >= 11 is 0. The van der Waals surface area contributed by atoms with Crippen LogP contribution in [0.5, 0.6) is 17.2 Å². The third kappa shape index (κ3) is 2.83. The Hall–Kier alpha value is -3.07. The van der Waals surface area contributed by atoms with Crippen molar-refractivity contribution in [2.24, 2.45) is 0 Å². The first-order chi connectivity index (χ1) is 10.8. The summed E-state index contributed by atoms with van der Waals surface area (Å²) in [5.74, 6) is 1.46. The van der Waals surface area contributed by atoms with Gasteiger partial charge in [-0.3, -0.25) is 0 Å². The van der Waals surface area contributed by atoms with Gasteiger partial charge in [0.15, 0.2) is 0 Å². The maximum atomic E-state index is 11.4. The van der Waals surface area contributed by atoms with Crippen LogP contribution in [0.25, 0.3) is 10.8 Å². The molecule has 0 radical (unpaired) electrons. The van der Waals surface area contributed by atoms with E-state index in [1.54, 1.807) is 6.07 Å². The molecule has 0 amide bonds. The Morgan fingerprint density at radius 3 is 2.14 bits per heavy atom. The Morgan fingerprint density at radius 2 is 1.45 bits per heavy atom. The van der Waals surface area contributed by atoms with Gasteiger partial charge in [-0.05, 0) is 24.3 Å². The number of benzene rings is 3. The fraction of sp³-hybridized carbons (Fsp3) is 0. The number of para-hydroxylation sites is 1. The molecule has 0 aromatic heterocycles. The molecule has 3 aromatic carbocycles. The molecule has 0 bridgehead atoms. The topological polar surface area (TPSA) is 35.5 Å². The number of carbonyl (C=O) groups excluding carboxylic acids is 1. The lowest BCUT2D eigenvalue weighted by molar-refractivity contribution is -0.128.